The number of hydrogen-bond donors (Lipinski definition) is 1. The number of carbonyl (C=O) groups excluding carboxylic acids is 1. The number of rotatable bonds is 8. The van der Waals surface area contributed by atoms with Gasteiger partial charge in [-0.3, -0.25) is 0 Å². The highest BCUT2D eigenvalue weighted by atomic mass is 16.6. The Balaban J connectivity index is 1.55. The summed E-state index contributed by atoms with van der Waals surface area (Å²) in [7, 11) is 4.63. The number of benzene rings is 4. The molecule has 1 amide bonds. The van der Waals surface area contributed by atoms with Crippen LogP contribution in [0, 0.1) is 13.8 Å². The van der Waals surface area contributed by atoms with E-state index >= 15 is 0 Å². The molecule has 41 heavy (non-hydrogen) atoms. The van der Waals surface area contributed by atoms with Crippen LogP contribution in [-0.2, 0) is 0 Å². The number of nitrogens with one attached hydrogen (secondary N) is 1. The van der Waals surface area contributed by atoms with Crippen LogP contribution in [0.5, 0.6) is 23.0 Å². The molecule has 1 heterocycles. The summed E-state index contributed by atoms with van der Waals surface area (Å²) in [6.45, 7) is 3.81. The van der Waals surface area contributed by atoms with Gasteiger partial charge in [-0.1, -0.05) is 48.5 Å². The maximum atomic E-state index is 13.8. The number of nitrogens with zero attached hydrogens (tertiary/aromatic N) is 3. The van der Waals surface area contributed by atoms with E-state index in [1.165, 1.54) is 4.90 Å². The molecule has 4 aromatic carbocycles. The molecule has 9 nitrogen and oxygen atoms in total. The minimum atomic E-state index is -0.602. The molecular formula is C32H30N4O5. The monoisotopic (exact) mass is 550 g/mol. The molecule has 9 heteroatoms. The topological polar surface area (TPSA) is 95.0 Å². The van der Waals surface area contributed by atoms with Crippen LogP contribution >= 0.6 is 0 Å². The van der Waals surface area contributed by atoms with Crippen molar-refractivity contribution < 1.29 is 23.7 Å². The molecule has 0 aliphatic heterocycles. The largest absolute Gasteiger partial charge is 0.493 e. The van der Waals surface area contributed by atoms with Crippen LogP contribution in [-0.4, -0.2) is 37.4 Å². The van der Waals surface area contributed by atoms with Crippen LogP contribution in [0.25, 0.3) is 10.8 Å². The lowest BCUT2D eigenvalue weighted by Crippen LogP contribution is -2.30. The van der Waals surface area contributed by atoms with Crippen LogP contribution in [0.1, 0.15) is 11.1 Å². The summed E-state index contributed by atoms with van der Waals surface area (Å²) in [6, 6.07) is 24.6. The highest BCUT2D eigenvalue weighted by molar-refractivity contribution is 5.99. The van der Waals surface area contributed by atoms with E-state index in [1.807, 2.05) is 74.5 Å². The first-order valence-corrected chi connectivity index (χ1v) is 12.9. The van der Waals surface area contributed by atoms with Crippen LogP contribution in [0.15, 0.2) is 85.1 Å². The Morgan fingerprint density at radius 3 is 2.10 bits per heavy atom. The van der Waals surface area contributed by atoms with Gasteiger partial charge in [0.25, 0.3) is 0 Å². The van der Waals surface area contributed by atoms with Crippen molar-refractivity contribution in [1.29, 1.82) is 0 Å². The molecule has 1 N–H and O–H groups in total. The summed E-state index contributed by atoms with van der Waals surface area (Å²) in [5, 5.41) is 5.19. The molecule has 0 saturated carbocycles. The maximum Gasteiger partial charge on any atom is 0.425 e. The van der Waals surface area contributed by atoms with E-state index < -0.39 is 6.09 Å². The molecule has 0 spiro atoms. The Kier molecular flexibility index (Phi) is 7.87. The molecule has 0 aliphatic carbocycles. The predicted molar refractivity (Wildman–Crippen MR) is 159 cm³/mol. The van der Waals surface area contributed by atoms with Crippen molar-refractivity contribution in [3.63, 3.8) is 0 Å². The molecule has 208 valence electrons. The second-order valence-electron chi connectivity index (χ2n) is 9.23. The third-order valence-electron chi connectivity index (χ3n) is 6.56. The molecule has 5 rings (SSSR count). The average molecular weight is 551 g/mol. The van der Waals surface area contributed by atoms with Crippen LogP contribution < -0.4 is 29.2 Å². The number of para-hydroxylation sites is 1. The molecule has 0 aliphatic rings. The van der Waals surface area contributed by atoms with Gasteiger partial charge in [-0.2, -0.15) is 4.98 Å². The number of amides is 1. The number of ether oxygens (including phenoxy) is 4. The van der Waals surface area contributed by atoms with E-state index in [-0.39, 0.29) is 5.95 Å². The number of aromatic nitrogens is 2. The van der Waals surface area contributed by atoms with Gasteiger partial charge < -0.3 is 24.3 Å². The number of anilines is 4. The van der Waals surface area contributed by atoms with Gasteiger partial charge in [0.05, 0.1) is 27.0 Å². The van der Waals surface area contributed by atoms with Crippen molar-refractivity contribution >= 4 is 40.0 Å². The highest BCUT2D eigenvalue weighted by Gasteiger charge is 2.24. The molecule has 0 bridgehead atoms. The Morgan fingerprint density at radius 2 is 1.44 bits per heavy atom. The van der Waals surface area contributed by atoms with Crippen molar-refractivity contribution in [3.05, 3.63) is 96.2 Å². The second kappa shape index (κ2) is 11.8. The van der Waals surface area contributed by atoms with Crippen molar-refractivity contribution in [2.24, 2.45) is 0 Å². The third-order valence-corrected chi connectivity index (χ3v) is 6.56. The SMILES string of the molecule is COc1cc(Nc2nccc(N(C(=O)Oc3c(C)cccc3C)c3ccc4ccccc4c3)n2)cc(OC)c1OC. The van der Waals surface area contributed by atoms with Gasteiger partial charge in [-0.25, -0.2) is 14.7 Å². The summed E-state index contributed by atoms with van der Waals surface area (Å²) in [4.78, 5) is 24.3. The van der Waals surface area contributed by atoms with Crippen LogP contribution in [0.3, 0.4) is 0 Å². The van der Waals surface area contributed by atoms with Crippen molar-refractivity contribution in [2.75, 3.05) is 31.5 Å². The summed E-state index contributed by atoms with van der Waals surface area (Å²) < 4.78 is 22.3. The third kappa shape index (κ3) is 5.69. The smallest absolute Gasteiger partial charge is 0.425 e. The minimum Gasteiger partial charge on any atom is -0.493 e. The summed E-state index contributed by atoms with van der Waals surface area (Å²) in [5.41, 5.74) is 2.90. The van der Waals surface area contributed by atoms with E-state index in [1.54, 1.807) is 45.7 Å². The molecule has 0 atom stereocenters. The quantitative estimate of drug-likeness (QED) is 0.214. The number of methoxy groups -OCH3 is 3. The molecule has 0 unspecified atom stereocenters. The van der Waals surface area contributed by atoms with E-state index in [9.17, 15) is 4.79 Å². The lowest BCUT2D eigenvalue weighted by atomic mass is 10.1. The average Bonchev–Trinajstić information content (AvgIpc) is 2.99. The van der Waals surface area contributed by atoms with Gasteiger partial charge in [0.2, 0.25) is 11.7 Å². The van der Waals surface area contributed by atoms with E-state index in [4.69, 9.17) is 18.9 Å². The number of fused-ring (bicyclic) bond motifs is 1. The Bertz CT molecular complexity index is 1680. The van der Waals surface area contributed by atoms with E-state index in [0.29, 0.717) is 40.2 Å². The fraction of sp³-hybridized carbons (Fsp3) is 0.156. The fourth-order valence-electron chi connectivity index (χ4n) is 4.56. The summed E-state index contributed by atoms with van der Waals surface area (Å²) >= 11 is 0. The normalized spacial score (nSPS) is 10.7. The van der Waals surface area contributed by atoms with Gasteiger partial charge in [-0.05, 0) is 47.9 Å². The van der Waals surface area contributed by atoms with Crippen molar-refractivity contribution in [3.8, 4) is 23.0 Å². The zero-order chi connectivity index (χ0) is 28.9. The van der Waals surface area contributed by atoms with Crippen LogP contribution in [0.2, 0.25) is 0 Å². The second-order valence-corrected chi connectivity index (χ2v) is 9.23. The lowest BCUT2D eigenvalue weighted by molar-refractivity contribution is 0.209. The maximum absolute atomic E-state index is 13.8. The first kappa shape index (κ1) is 27.3. The zero-order valence-corrected chi connectivity index (χ0v) is 23.5. The Morgan fingerprint density at radius 1 is 0.756 bits per heavy atom. The first-order chi connectivity index (χ1) is 19.9. The molecule has 0 saturated heterocycles. The van der Waals surface area contributed by atoms with Crippen molar-refractivity contribution in [2.45, 2.75) is 13.8 Å². The molecule has 5 aromatic rings. The number of aryl methyl sites for hydroxylation is 2. The van der Waals surface area contributed by atoms with Gasteiger partial charge in [-0.15, -0.1) is 0 Å². The number of carbonyl (C=O) groups is 1. The lowest BCUT2D eigenvalue weighted by Gasteiger charge is -2.23. The Labute approximate surface area is 238 Å². The minimum absolute atomic E-state index is 0.252. The van der Waals surface area contributed by atoms with Gasteiger partial charge in [0, 0.05) is 30.1 Å². The predicted octanol–water partition coefficient (Wildman–Crippen LogP) is 7.35. The summed E-state index contributed by atoms with van der Waals surface area (Å²) in [5.74, 6) is 2.49. The summed E-state index contributed by atoms with van der Waals surface area (Å²) in [6.07, 6.45) is 0.971. The van der Waals surface area contributed by atoms with Crippen molar-refractivity contribution in [1.82, 2.24) is 9.97 Å². The van der Waals surface area contributed by atoms with E-state index in [0.717, 1.165) is 21.9 Å². The first-order valence-electron chi connectivity index (χ1n) is 12.9. The van der Waals surface area contributed by atoms with Gasteiger partial charge in [0.15, 0.2) is 11.5 Å². The van der Waals surface area contributed by atoms with Crippen LogP contribution in [0.4, 0.5) is 27.9 Å². The number of hydrogen-bond acceptors (Lipinski definition) is 8. The van der Waals surface area contributed by atoms with E-state index in [2.05, 4.69) is 15.3 Å². The molecule has 0 radical (unpaired) electrons. The molecule has 1 aromatic heterocycles. The highest BCUT2D eigenvalue weighted by Crippen LogP contribution is 2.40. The molecular weight excluding hydrogens is 520 g/mol. The molecule has 0 fully saturated rings. The van der Waals surface area contributed by atoms with Gasteiger partial charge >= 0.3 is 6.09 Å². The van der Waals surface area contributed by atoms with Gasteiger partial charge in [0.1, 0.15) is 11.6 Å². The standard InChI is InChI=1S/C32H30N4O5/c1-20-9-8-10-21(2)29(20)41-32(37)36(25-14-13-22-11-6-7-12-23(22)17-25)28-15-16-33-31(35-28)34-24-18-26(38-3)30(40-5)27(19-24)39-4/h6-19H,1-5H3,(H,33,34,35). The Hall–Kier alpha value is -5.31. The fourth-order valence-corrected chi connectivity index (χ4v) is 4.56. The zero-order valence-electron chi connectivity index (χ0n) is 23.5.